The Morgan fingerprint density at radius 1 is 1.07 bits per heavy atom. The van der Waals surface area contributed by atoms with Gasteiger partial charge in [-0.2, -0.15) is 0 Å². The van der Waals surface area contributed by atoms with Gasteiger partial charge < -0.3 is 15.5 Å². The molecule has 1 atom stereocenters. The van der Waals surface area contributed by atoms with Crippen LogP contribution < -0.4 is 15.5 Å². The predicted octanol–water partition coefficient (Wildman–Crippen LogP) is -1.58. The van der Waals surface area contributed by atoms with Crippen molar-refractivity contribution in [3.8, 4) is 0 Å². The molecule has 4 N–H and O–H groups in total. The number of quaternary nitrogens is 2. The lowest BCUT2D eigenvalue weighted by atomic mass is 9.83. The lowest BCUT2D eigenvalue weighted by Gasteiger charge is -2.44. The van der Waals surface area contributed by atoms with E-state index in [9.17, 15) is 18.8 Å². The van der Waals surface area contributed by atoms with Gasteiger partial charge in [0.25, 0.3) is 11.8 Å². The molecular weight excluding hydrogens is 387 g/mol. The number of rotatable bonds is 5. The predicted molar refractivity (Wildman–Crippen MR) is 107 cm³/mol. The van der Waals surface area contributed by atoms with Crippen LogP contribution in [0.3, 0.4) is 0 Å². The summed E-state index contributed by atoms with van der Waals surface area (Å²) in [5, 5.41) is 0. The number of imide groups is 1. The molecule has 3 saturated heterocycles. The zero-order valence-corrected chi connectivity index (χ0v) is 17.3. The highest BCUT2D eigenvalue weighted by Gasteiger charge is 2.54. The summed E-state index contributed by atoms with van der Waals surface area (Å²) in [7, 11) is 0. The highest BCUT2D eigenvalue weighted by Crippen LogP contribution is 2.19. The van der Waals surface area contributed by atoms with Gasteiger partial charge in [0.05, 0.1) is 52.0 Å². The Labute approximate surface area is 176 Å². The monoisotopic (exact) mass is 418 g/mol. The maximum Gasteiger partial charge on any atom is 0.288 e. The topological polar surface area (TPSA) is 89.3 Å². The molecule has 3 aliphatic heterocycles. The Kier molecular flexibility index (Phi) is 5.88. The van der Waals surface area contributed by atoms with Gasteiger partial charge in [0.1, 0.15) is 5.82 Å². The second-order valence-corrected chi connectivity index (χ2v) is 8.97. The first-order valence-electron chi connectivity index (χ1n) is 11.0. The lowest BCUT2D eigenvalue weighted by Crippen LogP contribution is -3.27. The van der Waals surface area contributed by atoms with E-state index in [2.05, 4.69) is 0 Å². The molecule has 8 heteroatoms. The molecule has 4 rings (SSSR count). The summed E-state index contributed by atoms with van der Waals surface area (Å²) in [6.07, 6.45) is 4.95. The first-order chi connectivity index (χ1) is 14.4. The Bertz CT molecular complexity index is 814. The number of hydrogen-bond donors (Lipinski definition) is 3. The number of carbonyl (C=O) groups excluding carboxylic acids is 3. The highest BCUT2D eigenvalue weighted by atomic mass is 19.1. The number of likely N-dealkylation sites (tertiary alicyclic amines) is 3. The first kappa shape index (κ1) is 20.9. The van der Waals surface area contributed by atoms with Crippen LogP contribution in [0.15, 0.2) is 24.3 Å². The number of piperidine rings is 2. The summed E-state index contributed by atoms with van der Waals surface area (Å²) in [6, 6.07) is 5.46. The van der Waals surface area contributed by atoms with Crippen LogP contribution in [-0.2, 0) is 20.9 Å². The SMILES string of the molecule is NC(=O)C1([NH+]2CCCCC2)CC[NH+]([C@H]2CC(=O)N(Cc3ccc(F)cc3)C2=O)CC1. The molecule has 3 fully saturated rings. The maximum atomic E-state index is 13.1. The number of hydrogen-bond acceptors (Lipinski definition) is 3. The van der Waals surface area contributed by atoms with Crippen molar-refractivity contribution in [2.45, 2.75) is 56.7 Å². The summed E-state index contributed by atoms with van der Waals surface area (Å²) in [4.78, 5) is 41.6. The number of primary amides is 1. The van der Waals surface area contributed by atoms with Crippen molar-refractivity contribution >= 4 is 17.7 Å². The van der Waals surface area contributed by atoms with Crippen molar-refractivity contribution in [3.63, 3.8) is 0 Å². The number of nitrogens with two attached hydrogens (primary N) is 1. The minimum Gasteiger partial charge on any atom is -0.364 e. The third-order valence-electron chi connectivity index (χ3n) is 7.34. The standard InChI is InChI=1S/C22H29FN4O3/c23-17-6-4-16(5-7-17)15-27-19(28)14-18(20(27)29)25-12-8-22(9-13-25,21(24)30)26-10-2-1-3-11-26/h4-7,18H,1-3,8-15H2,(H2,24,30)/p+2/t18-/m0/s1. The van der Waals surface area contributed by atoms with E-state index in [1.54, 1.807) is 12.1 Å². The molecule has 0 aromatic heterocycles. The van der Waals surface area contributed by atoms with E-state index in [0.29, 0.717) is 25.9 Å². The number of amides is 3. The molecule has 162 valence electrons. The second kappa shape index (κ2) is 8.43. The average Bonchev–Trinajstić information content (AvgIpc) is 3.04. The zero-order chi connectivity index (χ0) is 21.3. The third kappa shape index (κ3) is 3.86. The van der Waals surface area contributed by atoms with E-state index in [-0.39, 0.29) is 36.5 Å². The van der Waals surface area contributed by atoms with Crippen molar-refractivity contribution in [1.82, 2.24) is 4.90 Å². The molecule has 3 amide bonds. The van der Waals surface area contributed by atoms with E-state index in [4.69, 9.17) is 5.73 Å². The molecule has 3 aliphatic rings. The Morgan fingerprint density at radius 2 is 1.70 bits per heavy atom. The molecule has 1 aromatic carbocycles. The fourth-order valence-corrected chi connectivity index (χ4v) is 5.52. The van der Waals surface area contributed by atoms with Crippen LogP contribution in [-0.4, -0.2) is 60.4 Å². The fraction of sp³-hybridized carbons (Fsp3) is 0.591. The van der Waals surface area contributed by atoms with Crippen molar-refractivity contribution < 1.29 is 28.6 Å². The summed E-state index contributed by atoms with van der Waals surface area (Å²) >= 11 is 0. The van der Waals surface area contributed by atoms with E-state index < -0.39 is 11.6 Å². The van der Waals surface area contributed by atoms with Gasteiger partial charge in [0.15, 0.2) is 11.6 Å². The van der Waals surface area contributed by atoms with Gasteiger partial charge in [-0.25, -0.2) is 4.39 Å². The molecule has 0 aliphatic carbocycles. The van der Waals surface area contributed by atoms with E-state index in [1.165, 1.54) is 28.4 Å². The van der Waals surface area contributed by atoms with Crippen LogP contribution in [0.5, 0.6) is 0 Å². The second-order valence-electron chi connectivity index (χ2n) is 8.97. The van der Waals surface area contributed by atoms with Gasteiger partial charge in [-0.15, -0.1) is 0 Å². The maximum absolute atomic E-state index is 13.1. The smallest absolute Gasteiger partial charge is 0.288 e. The quantitative estimate of drug-likeness (QED) is 0.505. The number of nitrogens with zero attached hydrogens (tertiary/aromatic N) is 1. The Morgan fingerprint density at radius 3 is 2.30 bits per heavy atom. The van der Waals surface area contributed by atoms with Crippen molar-refractivity contribution in [1.29, 1.82) is 0 Å². The van der Waals surface area contributed by atoms with E-state index >= 15 is 0 Å². The lowest BCUT2D eigenvalue weighted by molar-refractivity contribution is -0.978. The summed E-state index contributed by atoms with van der Waals surface area (Å²) in [5.74, 6) is -0.932. The fourth-order valence-electron chi connectivity index (χ4n) is 5.52. The van der Waals surface area contributed by atoms with Crippen molar-refractivity contribution in [2.24, 2.45) is 5.73 Å². The Hall–Kier alpha value is -2.32. The number of halogens is 1. The molecule has 0 spiro atoms. The van der Waals surface area contributed by atoms with Crippen LogP contribution in [0.25, 0.3) is 0 Å². The third-order valence-corrected chi connectivity index (χ3v) is 7.34. The van der Waals surface area contributed by atoms with Gasteiger partial charge in [0, 0.05) is 0 Å². The number of nitrogens with one attached hydrogen (secondary N) is 2. The average molecular weight is 419 g/mol. The van der Waals surface area contributed by atoms with Gasteiger partial charge in [-0.05, 0) is 37.0 Å². The summed E-state index contributed by atoms with van der Waals surface area (Å²) < 4.78 is 13.1. The zero-order valence-electron chi connectivity index (χ0n) is 17.3. The van der Waals surface area contributed by atoms with E-state index in [0.717, 1.165) is 36.4 Å². The molecular formula is C22H31FN4O3+2. The normalized spacial score (nSPS) is 30.6. The van der Waals surface area contributed by atoms with Crippen molar-refractivity contribution in [2.75, 3.05) is 26.2 Å². The van der Waals surface area contributed by atoms with Gasteiger partial charge >= 0.3 is 0 Å². The van der Waals surface area contributed by atoms with E-state index in [1.807, 2.05) is 0 Å². The highest BCUT2D eigenvalue weighted by molar-refractivity contribution is 6.04. The minimum atomic E-state index is -0.538. The van der Waals surface area contributed by atoms with Crippen LogP contribution in [0, 0.1) is 5.82 Å². The summed E-state index contributed by atoms with van der Waals surface area (Å²) in [6.45, 7) is 3.46. The molecule has 3 heterocycles. The minimum absolute atomic E-state index is 0.170. The summed E-state index contributed by atoms with van der Waals surface area (Å²) in [5.41, 5.74) is 6.07. The molecule has 1 aromatic rings. The Balaban J connectivity index is 1.41. The van der Waals surface area contributed by atoms with Crippen LogP contribution >= 0.6 is 0 Å². The molecule has 0 saturated carbocycles. The molecule has 0 radical (unpaired) electrons. The van der Waals surface area contributed by atoms with Crippen LogP contribution in [0.2, 0.25) is 0 Å². The number of benzene rings is 1. The van der Waals surface area contributed by atoms with Gasteiger partial charge in [0.2, 0.25) is 5.91 Å². The molecule has 30 heavy (non-hydrogen) atoms. The van der Waals surface area contributed by atoms with Gasteiger partial charge in [-0.3, -0.25) is 19.3 Å². The molecule has 0 bridgehead atoms. The molecule has 0 unspecified atom stereocenters. The van der Waals surface area contributed by atoms with Crippen LogP contribution in [0.1, 0.15) is 44.1 Å². The van der Waals surface area contributed by atoms with Crippen LogP contribution in [0.4, 0.5) is 4.39 Å². The van der Waals surface area contributed by atoms with Gasteiger partial charge in [-0.1, -0.05) is 12.1 Å². The molecule has 7 nitrogen and oxygen atoms in total. The largest absolute Gasteiger partial charge is 0.364 e. The first-order valence-corrected chi connectivity index (χ1v) is 11.0. The van der Waals surface area contributed by atoms with Crippen molar-refractivity contribution in [3.05, 3.63) is 35.6 Å². The number of carbonyl (C=O) groups is 3.